The number of amides is 1. The summed E-state index contributed by atoms with van der Waals surface area (Å²) in [7, 11) is 1.73. The Hall–Kier alpha value is -1.88. The molecule has 0 aromatic heterocycles. The Morgan fingerprint density at radius 2 is 1.85 bits per heavy atom. The fraction of sp³-hybridized carbons (Fsp3) is 0.133. The molecule has 1 aliphatic heterocycles. The van der Waals surface area contributed by atoms with Crippen LogP contribution in [0.4, 0.5) is 21.5 Å². The van der Waals surface area contributed by atoms with Gasteiger partial charge < -0.3 is 9.80 Å². The van der Waals surface area contributed by atoms with E-state index in [0.717, 1.165) is 15.8 Å². The third-order valence-electron chi connectivity index (χ3n) is 3.40. The van der Waals surface area contributed by atoms with Gasteiger partial charge in [0.25, 0.3) is 0 Å². The number of rotatable bonds is 1. The molecule has 0 aliphatic carbocycles. The second-order valence-corrected chi connectivity index (χ2v) is 5.54. The summed E-state index contributed by atoms with van der Waals surface area (Å²) >= 11 is 3.40. The van der Waals surface area contributed by atoms with Crippen LogP contribution < -0.4 is 9.80 Å². The molecule has 0 saturated carbocycles. The van der Waals surface area contributed by atoms with Gasteiger partial charge in [-0.3, -0.25) is 4.79 Å². The zero-order valence-electron chi connectivity index (χ0n) is 10.8. The van der Waals surface area contributed by atoms with Crippen LogP contribution in [0.5, 0.6) is 0 Å². The third-order valence-corrected chi connectivity index (χ3v) is 3.89. The first-order valence-electron chi connectivity index (χ1n) is 6.16. The van der Waals surface area contributed by atoms with E-state index in [1.54, 1.807) is 35.0 Å². The average molecular weight is 335 g/mol. The van der Waals surface area contributed by atoms with Crippen LogP contribution >= 0.6 is 15.9 Å². The third kappa shape index (κ3) is 2.08. The van der Waals surface area contributed by atoms with Gasteiger partial charge in [0, 0.05) is 11.5 Å². The molecule has 1 aliphatic rings. The zero-order valence-corrected chi connectivity index (χ0v) is 12.4. The van der Waals surface area contributed by atoms with E-state index in [-0.39, 0.29) is 18.3 Å². The lowest BCUT2D eigenvalue weighted by atomic mass is 10.1. The van der Waals surface area contributed by atoms with E-state index in [0.29, 0.717) is 5.69 Å². The SMILES string of the molecule is CN1C(=O)CN(c2ccccc2F)c2ccc(Br)cc21. The maximum absolute atomic E-state index is 14.0. The molecule has 0 N–H and O–H groups in total. The number of anilines is 3. The number of carbonyl (C=O) groups excluding carboxylic acids is 1. The van der Waals surface area contributed by atoms with Crippen molar-refractivity contribution in [1.82, 2.24) is 0 Å². The molecule has 0 spiro atoms. The highest BCUT2D eigenvalue weighted by Gasteiger charge is 2.28. The van der Waals surface area contributed by atoms with E-state index >= 15 is 0 Å². The highest BCUT2D eigenvalue weighted by Crippen LogP contribution is 2.39. The van der Waals surface area contributed by atoms with E-state index in [2.05, 4.69) is 15.9 Å². The monoisotopic (exact) mass is 334 g/mol. The second kappa shape index (κ2) is 4.90. The summed E-state index contributed by atoms with van der Waals surface area (Å²) in [6, 6.07) is 12.1. The molecule has 0 fully saturated rings. The Balaban J connectivity index is 2.17. The van der Waals surface area contributed by atoms with Gasteiger partial charge in [0.2, 0.25) is 5.91 Å². The molecule has 0 bridgehead atoms. The van der Waals surface area contributed by atoms with Crippen molar-refractivity contribution in [2.24, 2.45) is 0 Å². The van der Waals surface area contributed by atoms with Gasteiger partial charge in [-0.15, -0.1) is 0 Å². The van der Waals surface area contributed by atoms with E-state index in [1.165, 1.54) is 6.07 Å². The fourth-order valence-corrected chi connectivity index (χ4v) is 2.69. The number of halogens is 2. The van der Waals surface area contributed by atoms with Crippen LogP contribution in [0, 0.1) is 5.82 Å². The summed E-state index contributed by atoms with van der Waals surface area (Å²) in [6.07, 6.45) is 0. The van der Waals surface area contributed by atoms with Crippen molar-refractivity contribution >= 4 is 38.9 Å². The standard InChI is InChI=1S/C15H12BrFN2O/c1-18-14-8-10(16)6-7-13(14)19(9-15(18)20)12-5-3-2-4-11(12)17/h2-8H,9H2,1H3. The van der Waals surface area contributed by atoms with Crippen molar-refractivity contribution in [3.63, 3.8) is 0 Å². The topological polar surface area (TPSA) is 23.6 Å². The first-order chi connectivity index (χ1) is 9.58. The van der Waals surface area contributed by atoms with Crippen molar-refractivity contribution in [3.8, 4) is 0 Å². The minimum atomic E-state index is -0.335. The first-order valence-corrected chi connectivity index (χ1v) is 6.95. The van der Waals surface area contributed by atoms with Gasteiger partial charge in [0.1, 0.15) is 12.4 Å². The molecule has 0 atom stereocenters. The van der Waals surface area contributed by atoms with Gasteiger partial charge in [-0.1, -0.05) is 28.1 Å². The molecule has 2 aromatic carbocycles. The van der Waals surface area contributed by atoms with Crippen molar-refractivity contribution in [1.29, 1.82) is 0 Å². The Bertz CT molecular complexity index is 689. The van der Waals surface area contributed by atoms with Crippen molar-refractivity contribution < 1.29 is 9.18 Å². The van der Waals surface area contributed by atoms with E-state index in [9.17, 15) is 9.18 Å². The van der Waals surface area contributed by atoms with Crippen LogP contribution in [0.2, 0.25) is 0 Å². The number of para-hydroxylation sites is 1. The van der Waals surface area contributed by atoms with Crippen molar-refractivity contribution in [3.05, 3.63) is 52.8 Å². The summed E-state index contributed by atoms with van der Waals surface area (Å²) in [4.78, 5) is 15.4. The second-order valence-electron chi connectivity index (χ2n) is 4.62. The van der Waals surface area contributed by atoms with Crippen LogP contribution in [0.25, 0.3) is 0 Å². The molecule has 0 saturated heterocycles. The lowest BCUT2D eigenvalue weighted by Crippen LogP contribution is -2.42. The molecule has 3 rings (SSSR count). The lowest BCUT2D eigenvalue weighted by molar-refractivity contribution is -0.117. The summed E-state index contributed by atoms with van der Waals surface area (Å²) in [5.41, 5.74) is 2.00. The average Bonchev–Trinajstić information content (AvgIpc) is 2.44. The number of carbonyl (C=O) groups is 1. The number of hydrogen-bond acceptors (Lipinski definition) is 2. The van der Waals surface area contributed by atoms with Gasteiger partial charge in [0.15, 0.2) is 0 Å². The van der Waals surface area contributed by atoms with Crippen LogP contribution in [0.3, 0.4) is 0 Å². The highest BCUT2D eigenvalue weighted by atomic mass is 79.9. The fourth-order valence-electron chi connectivity index (χ4n) is 2.34. The smallest absolute Gasteiger partial charge is 0.246 e. The predicted molar refractivity (Wildman–Crippen MR) is 81.0 cm³/mol. The van der Waals surface area contributed by atoms with Gasteiger partial charge in [-0.2, -0.15) is 0 Å². The highest BCUT2D eigenvalue weighted by molar-refractivity contribution is 9.10. The van der Waals surface area contributed by atoms with Gasteiger partial charge >= 0.3 is 0 Å². The molecule has 20 heavy (non-hydrogen) atoms. The van der Waals surface area contributed by atoms with E-state index < -0.39 is 0 Å². The summed E-state index contributed by atoms with van der Waals surface area (Å²) in [5, 5.41) is 0. The van der Waals surface area contributed by atoms with Gasteiger partial charge in [-0.05, 0) is 30.3 Å². The minimum absolute atomic E-state index is 0.0705. The molecule has 0 unspecified atom stereocenters. The molecular formula is C15H12BrFN2O. The molecule has 102 valence electrons. The van der Waals surface area contributed by atoms with Crippen molar-refractivity contribution in [2.45, 2.75) is 0 Å². The molecule has 1 amide bonds. The van der Waals surface area contributed by atoms with Crippen LogP contribution in [0.1, 0.15) is 0 Å². The lowest BCUT2D eigenvalue weighted by Gasteiger charge is -2.35. The first kappa shape index (κ1) is 13.1. The normalized spacial score (nSPS) is 14.4. The minimum Gasteiger partial charge on any atom is -0.328 e. The summed E-state index contributed by atoms with van der Waals surface area (Å²) in [5.74, 6) is -0.405. The molecule has 0 radical (unpaired) electrons. The number of nitrogens with zero attached hydrogens (tertiary/aromatic N) is 2. The number of hydrogen-bond donors (Lipinski definition) is 0. The van der Waals surface area contributed by atoms with Gasteiger partial charge in [0.05, 0.1) is 17.1 Å². The van der Waals surface area contributed by atoms with Crippen LogP contribution in [0.15, 0.2) is 46.9 Å². The molecule has 5 heteroatoms. The van der Waals surface area contributed by atoms with E-state index in [1.807, 2.05) is 18.2 Å². The van der Waals surface area contributed by atoms with Crippen LogP contribution in [-0.2, 0) is 4.79 Å². The predicted octanol–water partition coefficient (Wildman–Crippen LogP) is 3.70. The maximum atomic E-state index is 14.0. The van der Waals surface area contributed by atoms with Crippen LogP contribution in [-0.4, -0.2) is 19.5 Å². The molecule has 2 aromatic rings. The number of fused-ring (bicyclic) bond motifs is 1. The van der Waals surface area contributed by atoms with Crippen molar-refractivity contribution in [2.75, 3.05) is 23.4 Å². The van der Waals surface area contributed by atoms with Gasteiger partial charge in [-0.25, -0.2) is 4.39 Å². The largest absolute Gasteiger partial charge is 0.328 e. The Kier molecular flexibility index (Phi) is 3.22. The number of likely N-dealkylation sites (N-methyl/N-ethyl adjacent to an activating group) is 1. The van der Waals surface area contributed by atoms with E-state index in [4.69, 9.17) is 0 Å². The summed E-state index contributed by atoms with van der Waals surface area (Å²) < 4.78 is 14.9. The quantitative estimate of drug-likeness (QED) is 0.793. The number of benzene rings is 2. The molecule has 3 nitrogen and oxygen atoms in total. The Morgan fingerprint density at radius 3 is 2.60 bits per heavy atom. The molecule has 1 heterocycles. The summed E-state index contributed by atoms with van der Waals surface area (Å²) in [6.45, 7) is 0.131. The Labute approximate surface area is 124 Å². The zero-order chi connectivity index (χ0) is 14.3. The Morgan fingerprint density at radius 1 is 1.10 bits per heavy atom. The molecular weight excluding hydrogens is 323 g/mol. The maximum Gasteiger partial charge on any atom is 0.246 e.